The Kier molecular flexibility index (Phi) is 7.35. The van der Waals surface area contributed by atoms with Crippen LogP contribution >= 0.6 is 15.9 Å². The van der Waals surface area contributed by atoms with Crippen LogP contribution in [0.4, 0.5) is 11.4 Å². The molecule has 0 heterocycles. The number of carbonyl (C=O) groups is 1. The summed E-state index contributed by atoms with van der Waals surface area (Å²) in [4.78, 5) is 12.9. The van der Waals surface area contributed by atoms with Crippen LogP contribution in [0, 0.1) is 6.92 Å². The van der Waals surface area contributed by atoms with Crippen LogP contribution in [0.25, 0.3) is 0 Å². The maximum atomic E-state index is 13.3. The maximum Gasteiger partial charge on any atom is 0.264 e. The summed E-state index contributed by atoms with van der Waals surface area (Å²) in [7, 11) is -3.96. The number of benzene rings is 3. The van der Waals surface area contributed by atoms with Crippen LogP contribution in [0.1, 0.15) is 12.5 Å². The molecular weight excluding hydrogens is 480 g/mol. The molecule has 0 saturated carbocycles. The molecule has 0 bridgehead atoms. The predicted molar refractivity (Wildman–Crippen MR) is 126 cm³/mol. The lowest BCUT2D eigenvalue weighted by Gasteiger charge is -2.24. The van der Waals surface area contributed by atoms with Gasteiger partial charge in [-0.05, 0) is 74.0 Å². The Morgan fingerprint density at radius 1 is 1.03 bits per heavy atom. The van der Waals surface area contributed by atoms with Gasteiger partial charge in [0.05, 0.1) is 17.2 Å². The van der Waals surface area contributed by atoms with Gasteiger partial charge in [0.1, 0.15) is 12.3 Å². The number of aryl methyl sites for hydroxylation is 1. The summed E-state index contributed by atoms with van der Waals surface area (Å²) in [5.41, 5.74) is 1.92. The molecule has 0 radical (unpaired) electrons. The second-order valence-electron chi connectivity index (χ2n) is 6.76. The maximum absolute atomic E-state index is 13.3. The molecule has 31 heavy (non-hydrogen) atoms. The van der Waals surface area contributed by atoms with Crippen LogP contribution in [0.3, 0.4) is 0 Å². The smallest absolute Gasteiger partial charge is 0.264 e. The standard InChI is InChI=1S/C23H23BrN2O4S/c1-3-30-20-12-10-19(11-13-20)26(31(28,29)21-7-5-4-6-8-21)16-23(27)25-18-9-14-22(24)17(2)15-18/h4-15H,3,16H2,1-2H3,(H,25,27). The Labute approximate surface area is 191 Å². The lowest BCUT2D eigenvalue weighted by atomic mass is 10.2. The molecule has 0 aliphatic carbocycles. The molecule has 3 aromatic rings. The number of nitrogens with one attached hydrogen (secondary N) is 1. The third-order valence-electron chi connectivity index (χ3n) is 4.50. The molecule has 0 fully saturated rings. The number of ether oxygens (including phenoxy) is 1. The van der Waals surface area contributed by atoms with Crippen LogP contribution in [-0.4, -0.2) is 27.5 Å². The van der Waals surface area contributed by atoms with E-state index in [0.29, 0.717) is 23.7 Å². The van der Waals surface area contributed by atoms with Gasteiger partial charge in [0.2, 0.25) is 5.91 Å². The van der Waals surface area contributed by atoms with Gasteiger partial charge in [0.15, 0.2) is 0 Å². The second-order valence-corrected chi connectivity index (χ2v) is 9.48. The number of sulfonamides is 1. The van der Waals surface area contributed by atoms with Crippen LogP contribution < -0.4 is 14.4 Å². The summed E-state index contributed by atoms with van der Waals surface area (Å²) in [6.07, 6.45) is 0. The molecule has 0 unspecified atom stereocenters. The molecule has 8 heteroatoms. The molecule has 6 nitrogen and oxygen atoms in total. The van der Waals surface area contributed by atoms with Gasteiger partial charge in [0, 0.05) is 10.2 Å². The number of hydrogen-bond acceptors (Lipinski definition) is 4. The highest BCUT2D eigenvalue weighted by atomic mass is 79.9. The largest absolute Gasteiger partial charge is 0.494 e. The van der Waals surface area contributed by atoms with Crippen LogP contribution in [0.5, 0.6) is 5.75 Å². The zero-order chi connectivity index (χ0) is 22.4. The van der Waals surface area contributed by atoms with Gasteiger partial charge in [-0.1, -0.05) is 34.1 Å². The summed E-state index contributed by atoms with van der Waals surface area (Å²) in [6, 6.07) is 20.1. The fourth-order valence-electron chi connectivity index (χ4n) is 2.96. The fraction of sp³-hybridized carbons (Fsp3) is 0.174. The molecule has 0 aromatic heterocycles. The van der Waals surface area contributed by atoms with Crippen molar-refractivity contribution in [3.63, 3.8) is 0 Å². The van der Waals surface area contributed by atoms with E-state index in [2.05, 4.69) is 21.2 Å². The van der Waals surface area contributed by atoms with E-state index < -0.39 is 15.9 Å². The van der Waals surface area contributed by atoms with E-state index in [1.165, 1.54) is 12.1 Å². The fourth-order valence-corrected chi connectivity index (χ4v) is 4.65. The molecule has 0 aliphatic heterocycles. The first-order chi connectivity index (χ1) is 14.8. The van der Waals surface area contributed by atoms with Gasteiger partial charge in [-0.25, -0.2) is 8.42 Å². The Morgan fingerprint density at radius 2 is 1.71 bits per heavy atom. The summed E-state index contributed by atoms with van der Waals surface area (Å²) >= 11 is 3.42. The first-order valence-electron chi connectivity index (χ1n) is 9.68. The number of nitrogens with zero attached hydrogens (tertiary/aromatic N) is 1. The first kappa shape index (κ1) is 22.8. The molecule has 1 N–H and O–H groups in total. The monoisotopic (exact) mass is 502 g/mol. The topological polar surface area (TPSA) is 75.7 Å². The lowest BCUT2D eigenvalue weighted by Crippen LogP contribution is -2.38. The SMILES string of the molecule is CCOc1ccc(N(CC(=O)Nc2ccc(Br)c(C)c2)S(=O)(=O)c2ccccc2)cc1. The number of amides is 1. The van der Waals surface area contributed by atoms with E-state index in [1.807, 2.05) is 26.0 Å². The molecule has 3 aromatic carbocycles. The Morgan fingerprint density at radius 3 is 2.32 bits per heavy atom. The zero-order valence-electron chi connectivity index (χ0n) is 17.2. The minimum atomic E-state index is -3.96. The average molecular weight is 503 g/mol. The Bertz CT molecular complexity index is 1150. The van der Waals surface area contributed by atoms with Crippen LogP contribution in [-0.2, 0) is 14.8 Å². The van der Waals surface area contributed by atoms with Gasteiger partial charge in [-0.3, -0.25) is 9.10 Å². The Balaban J connectivity index is 1.91. The highest BCUT2D eigenvalue weighted by Crippen LogP contribution is 2.26. The number of anilines is 2. The summed E-state index contributed by atoms with van der Waals surface area (Å²) in [6.45, 7) is 3.90. The Hall–Kier alpha value is -2.84. The molecule has 1 amide bonds. The van der Waals surface area contributed by atoms with Crippen LogP contribution in [0.15, 0.2) is 82.2 Å². The van der Waals surface area contributed by atoms with E-state index in [1.54, 1.807) is 48.5 Å². The normalized spacial score (nSPS) is 11.1. The van der Waals surface area contributed by atoms with Crippen molar-refractivity contribution in [2.45, 2.75) is 18.7 Å². The highest BCUT2D eigenvalue weighted by Gasteiger charge is 2.27. The molecule has 0 spiro atoms. The van der Waals surface area contributed by atoms with E-state index >= 15 is 0 Å². The van der Waals surface area contributed by atoms with Crippen molar-refractivity contribution in [2.24, 2.45) is 0 Å². The van der Waals surface area contributed by atoms with Crippen molar-refractivity contribution >= 4 is 43.2 Å². The molecular formula is C23H23BrN2O4S. The van der Waals surface area contributed by atoms with E-state index in [0.717, 1.165) is 14.3 Å². The van der Waals surface area contributed by atoms with Crippen molar-refractivity contribution in [3.8, 4) is 5.75 Å². The molecule has 3 rings (SSSR count). The lowest BCUT2D eigenvalue weighted by molar-refractivity contribution is -0.114. The van der Waals surface area contributed by atoms with E-state index in [4.69, 9.17) is 4.74 Å². The van der Waals surface area contributed by atoms with Crippen molar-refractivity contribution in [1.29, 1.82) is 0 Å². The zero-order valence-corrected chi connectivity index (χ0v) is 19.6. The second kappa shape index (κ2) is 9.98. The van der Waals surface area contributed by atoms with Gasteiger partial charge in [-0.2, -0.15) is 0 Å². The third kappa shape index (κ3) is 5.65. The van der Waals surface area contributed by atoms with Crippen molar-refractivity contribution in [2.75, 3.05) is 22.8 Å². The minimum Gasteiger partial charge on any atom is -0.494 e. The molecule has 0 aliphatic rings. The number of halogens is 1. The van der Waals surface area contributed by atoms with Crippen molar-refractivity contribution < 1.29 is 17.9 Å². The minimum absolute atomic E-state index is 0.108. The summed E-state index contributed by atoms with van der Waals surface area (Å²) in [5, 5.41) is 2.77. The highest BCUT2D eigenvalue weighted by molar-refractivity contribution is 9.10. The number of hydrogen-bond donors (Lipinski definition) is 1. The predicted octanol–water partition coefficient (Wildman–Crippen LogP) is 4.99. The quantitative estimate of drug-likeness (QED) is 0.470. The van der Waals surface area contributed by atoms with Gasteiger partial charge in [0.25, 0.3) is 10.0 Å². The summed E-state index contributed by atoms with van der Waals surface area (Å²) < 4.78 is 34.1. The van der Waals surface area contributed by atoms with Crippen LogP contribution in [0.2, 0.25) is 0 Å². The van der Waals surface area contributed by atoms with E-state index in [9.17, 15) is 13.2 Å². The average Bonchev–Trinajstić information content (AvgIpc) is 2.76. The number of carbonyl (C=O) groups excluding carboxylic acids is 1. The first-order valence-corrected chi connectivity index (χ1v) is 11.9. The summed E-state index contributed by atoms with van der Waals surface area (Å²) in [5.74, 6) is 0.174. The third-order valence-corrected chi connectivity index (χ3v) is 7.17. The van der Waals surface area contributed by atoms with Crippen molar-refractivity contribution in [3.05, 3.63) is 82.8 Å². The van der Waals surface area contributed by atoms with Gasteiger partial charge in [-0.15, -0.1) is 0 Å². The number of rotatable bonds is 8. The molecule has 162 valence electrons. The van der Waals surface area contributed by atoms with Gasteiger partial charge < -0.3 is 10.1 Å². The molecule has 0 saturated heterocycles. The van der Waals surface area contributed by atoms with Crippen molar-refractivity contribution in [1.82, 2.24) is 0 Å². The van der Waals surface area contributed by atoms with Gasteiger partial charge >= 0.3 is 0 Å². The molecule has 0 atom stereocenters. The van der Waals surface area contributed by atoms with E-state index in [-0.39, 0.29) is 11.4 Å².